The van der Waals surface area contributed by atoms with Gasteiger partial charge >= 0.3 is 0 Å². The van der Waals surface area contributed by atoms with Gasteiger partial charge in [0, 0.05) is 12.8 Å². The molecular formula is C12H24O. The number of ketones is 1. The molecule has 78 valence electrons. The van der Waals surface area contributed by atoms with Crippen LogP contribution in [0.25, 0.3) is 0 Å². The molecule has 1 nitrogen and oxygen atoms in total. The average Bonchev–Trinajstić information content (AvgIpc) is 2.14. The third-order valence-corrected chi connectivity index (χ3v) is 2.37. The van der Waals surface area contributed by atoms with Crippen LogP contribution in [0.4, 0.5) is 0 Å². The molecule has 0 unspecified atom stereocenters. The van der Waals surface area contributed by atoms with Crippen molar-refractivity contribution in [3.05, 3.63) is 0 Å². The second-order valence-corrected chi connectivity index (χ2v) is 3.81. The highest BCUT2D eigenvalue weighted by molar-refractivity contribution is 5.78. The predicted octanol–water partition coefficient (Wildman–Crippen LogP) is 4.11. The molecule has 0 rings (SSSR count). The molecule has 1 heteroatoms. The first kappa shape index (κ1) is 12.7. The maximum atomic E-state index is 11.2. The van der Waals surface area contributed by atoms with Gasteiger partial charge in [-0.25, -0.2) is 0 Å². The van der Waals surface area contributed by atoms with Gasteiger partial charge in [0.05, 0.1) is 0 Å². The number of hydrogen-bond donors (Lipinski definition) is 0. The van der Waals surface area contributed by atoms with Crippen molar-refractivity contribution in [2.75, 3.05) is 0 Å². The Hall–Kier alpha value is -0.330. The summed E-state index contributed by atoms with van der Waals surface area (Å²) in [7, 11) is 0. The highest BCUT2D eigenvalue weighted by Gasteiger charge is 1.99. The quantitative estimate of drug-likeness (QED) is 0.493. The third kappa shape index (κ3) is 9.59. The summed E-state index contributed by atoms with van der Waals surface area (Å²) in [6, 6.07) is 0. The number of Topliss-reactive ketones (excluding diaryl/α,β-unsaturated/α-hetero) is 1. The van der Waals surface area contributed by atoms with E-state index in [1.54, 1.807) is 0 Å². The molecule has 0 heterocycles. The van der Waals surface area contributed by atoms with Gasteiger partial charge in [-0.05, 0) is 12.8 Å². The Morgan fingerprint density at radius 3 is 1.92 bits per heavy atom. The molecule has 13 heavy (non-hydrogen) atoms. The summed E-state index contributed by atoms with van der Waals surface area (Å²) in [6.45, 7) is 4.35. The maximum Gasteiger partial charge on any atom is 0.132 e. The molecule has 0 bridgehead atoms. The van der Waals surface area contributed by atoms with E-state index < -0.39 is 0 Å². The highest BCUT2D eigenvalue weighted by Crippen LogP contribution is 2.07. The molecule has 0 aliphatic carbocycles. The minimum atomic E-state index is 0.471. The van der Waals surface area contributed by atoms with E-state index in [0.29, 0.717) is 5.78 Å². The van der Waals surface area contributed by atoms with Gasteiger partial charge in [-0.1, -0.05) is 46.0 Å². The lowest BCUT2D eigenvalue weighted by Crippen LogP contribution is -1.96. The molecule has 0 radical (unpaired) electrons. The molecule has 0 fully saturated rings. The van der Waals surface area contributed by atoms with E-state index >= 15 is 0 Å². The lowest BCUT2D eigenvalue weighted by Gasteiger charge is -1.99. The summed E-state index contributed by atoms with van der Waals surface area (Å²) in [5, 5.41) is 0. The molecule has 0 aromatic heterocycles. The van der Waals surface area contributed by atoms with E-state index in [2.05, 4.69) is 13.8 Å². The molecule has 0 N–H and O–H groups in total. The Morgan fingerprint density at radius 1 is 0.769 bits per heavy atom. The smallest absolute Gasteiger partial charge is 0.132 e. The predicted molar refractivity (Wildman–Crippen MR) is 57.9 cm³/mol. The van der Waals surface area contributed by atoms with Crippen LogP contribution in [0.3, 0.4) is 0 Å². The van der Waals surface area contributed by atoms with Gasteiger partial charge in [-0.2, -0.15) is 0 Å². The summed E-state index contributed by atoms with van der Waals surface area (Å²) in [5.41, 5.74) is 0. The Bertz CT molecular complexity index is 118. The summed E-state index contributed by atoms with van der Waals surface area (Å²) in [4.78, 5) is 11.2. The molecule has 0 atom stereocenters. The number of carbonyl (C=O) groups is 1. The van der Waals surface area contributed by atoms with Gasteiger partial charge in [0.15, 0.2) is 0 Å². The second kappa shape index (κ2) is 9.76. The van der Waals surface area contributed by atoms with Crippen LogP contribution in [0.2, 0.25) is 0 Å². The molecule has 0 aliphatic rings. The summed E-state index contributed by atoms with van der Waals surface area (Å²) in [6.07, 6.45) is 10.1. The van der Waals surface area contributed by atoms with Crippen molar-refractivity contribution in [2.45, 2.75) is 71.6 Å². The van der Waals surface area contributed by atoms with Crippen LogP contribution in [0.15, 0.2) is 0 Å². The fourth-order valence-electron chi connectivity index (χ4n) is 1.42. The van der Waals surface area contributed by atoms with E-state index in [4.69, 9.17) is 0 Å². The van der Waals surface area contributed by atoms with Crippen molar-refractivity contribution in [1.29, 1.82) is 0 Å². The number of carbonyl (C=O) groups excluding carboxylic acids is 1. The molecular weight excluding hydrogens is 160 g/mol. The van der Waals surface area contributed by atoms with Gasteiger partial charge in [0.2, 0.25) is 0 Å². The number of hydrogen-bond acceptors (Lipinski definition) is 1. The minimum absolute atomic E-state index is 0.471. The zero-order valence-corrected chi connectivity index (χ0v) is 9.27. The van der Waals surface area contributed by atoms with Crippen molar-refractivity contribution in [1.82, 2.24) is 0 Å². The van der Waals surface area contributed by atoms with E-state index in [1.807, 2.05) is 0 Å². The molecule has 0 aromatic carbocycles. The monoisotopic (exact) mass is 184 g/mol. The van der Waals surface area contributed by atoms with E-state index in [1.165, 1.54) is 25.7 Å². The first-order valence-corrected chi connectivity index (χ1v) is 5.83. The molecule has 0 saturated heterocycles. The van der Waals surface area contributed by atoms with Crippen LogP contribution in [-0.4, -0.2) is 5.78 Å². The molecule has 0 amide bonds. The highest BCUT2D eigenvalue weighted by atomic mass is 16.1. The maximum absolute atomic E-state index is 11.2. The fourth-order valence-corrected chi connectivity index (χ4v) is 1.42. The molecule has 0 aliphatic heterocycles. The van der Waals surface area contributed by atoms with E-state index in [0.717, 1.165) is 32.1 Å². The zero-order chi connectivity index (χ0) is 9.94. The van der Waals surface area contributed by atoms with Gasteiger partial charge < -0.3 is 0 Å². The van der Waals surface area contributed by atoms with Crippen LogP contribution < -0.4 is 0 Å². The normalized spacial score (nSPS) is 10.3. The standard InChI is InChI=1S/C12H24O/c1-3-5-7-8-9-11-12(13)10-6-4-2/h3-11H2,1-2H3. The van der Waals surface area contributed by atoms with Crippen molar-refractivity contribution >= 4 is 5.78 Å². The fraction of sp³-hybridized carbons (Fsp3) is 0.917. The summed E-state index contributed by atoms with van der Waals surface area (Å²) >= 11 is 0. The minimum Gasteiger partial charge on any atom is -0.300 e. The van der Waals surface area contributed by atoms with Crippen molar-refractivity contribution in [2.24, 2.45) is 0 Å². The number of rotatable bonds is 9. The topological polar surface area (TPSA) is 17.1 Å². The van der Waals surface area contributed by atoms with Crippen molar-refractivity contribution in [3.8, 4) is 0 Å². The summed E-state index contributed by atoms with van der Waals surface area (Å²) < 4.78 is 0. The zero-order valence-electron chi connectivity index (χ0n) is 9.27. The Kier molecular flexibility index (Phi) is 9.51. The Labute approximate surface area is 82.9 Å². The van der Waals surface area contributed by atoms with Crippen LogP contribution in [-0.2, 0) is 4.79 Å². The Balaban J connectivity index is 3.08. The van der Waals surface area contributed by atoms with Crippen molar-refractivity contribution in [3.63, 3.8) is 0 Å². The van der Waals surface area contributed by atoms with Gasteiger partial charge in [-0.15, -0.1) is 0 Å². The lowest BCUT2D eigenvalue weighted by molar-refractivity contribution is -0.119. The largest absolute Gasteiger partial charge is 0.300 e. The van der Waals surface area contributed by atoms with Crippen molar-refractivity contribution < 1.29 is 4.79 Å². The third-order valence-electron chi connectivity index (χ3n) is 2.37. The first-order chi connectivity index (χ1) is 6.31. The average molecular weight is 184 g/mol. The van der Waals surface area contributed by atoms with Crippen LogP contribution >= 0.6 is 0 Å². The van der Waals surface area contributed by atoms with Crippen LogP contribution in [0.5, 0.6) is 0 Å². The van der Waals surface area contributed by atoms with E-state index in [-0.39, 0.29) is 0 Å². The van der Waals surface area contributed by atoms with Gasteiger partial charge in [-0.3, -0.25) is 4.79 Å². The Morgan fingerprint density at radius 2 is 1.31 bits per heavy atom. The molecule has 0 aromatic rings. The molecule has 0 spiro atoms. The summed E-state index contributed by atoms with van der Waals surface area (Å²) in [5.74, 6) is 0.471. The SMILES string of the molecule is CCCCCCCC(=O)CCCC. The van der Waals surface area contributed by atoms with E-state index in [9.17, 15) is 4.79 Å². The van der Waals surface area contributed by atoms with Crippen LogP contribution in [0.1, 0.15) is 71.6 Å². The first-order valence-electron chi connectivity index (χ1n) is 5.83. The molecule has 0 saturated carbocycles. The van der Waals surface area contributed by atoms with Crippen LogP contribution in [0, 0.1) is 0 Å². The van der Waals surface area contributed by atoms with Gasteiger partial charge in [0.1, 0.15) is 5.78 Å². The number of unbranched alkanes of at least 4 members (excludes halogenated alkanes) is 5. The van der Waals surface area contributed by atoms with Gasteiger partial charge in [0.25, 0.3) is 0 Å². The second-order valence-electron chi connectivity index (χ2n) is 3.81. The lowest BCUT2D eigenvalue weighted by atomic mass is 10.1.